The zero-order chi connectivity index (χ0) is 21.2. The van der Waals surface area contributed by atoms with Gasteiger partial charge in [0.1, 0.15) is 17.6 Å². The number of methoxy groups -OCH3 is 2. The number of benzene rings is 2. The van der Waals surface area contributed by atoms with Gasteiger partial charge in [0.15, 0.2) is 5.57 Å². The molecule has 0 bridgehead atoms. The zero-order valence-corrected chi connectivity index (χ0v) is 16.3. The highest BCUT2D eigenvalue weighted by Crippen LogP contribution is 2.36. The van der Waals surface area contributed by atoms with E-state index in [4.69, 9.17) is 19.5 Å². The van der Waals surface area contributed by atoms with Crippen LogP contribution in [-0.2, 0) is 9.53 Å². The van der Waals surface area contributed by atoms with Crippen LogP contribution < -0.4 is 20.1 Å². The molecule has 2 aromatic rings. The topological polar surface area (TPSA) is 110 Å². The highest BCUT2D eigenvalue weighted by Gasteiger charge is 2.15. The lowest BCUT2D eigenvalue weighted by Crippen LogP contribution is -2.13. The van der Waals surface area contributed by atoms with Gasteiger partial charge in [0.25, 0.3) is 5.91 Å². The Bertz CT molecular complexity index is 949. The lowest BCUT2D eigenvalue weighted by Gasteiger charge is -2.15. The van der Waals surface area contributed by atoms with E-state index in [2.05, 4.69) is 10.6 Å². The molecule has 0 radical (unpaired) electrons. The van der Waals surface area contributed by atoms with Crippen LogP contribution in [0.5, 0.6) is 11.5 Å². The molecule has 2 aromatic carbocycles. The maximum atomic E-state index is 12.4. The average molecular weight is 395 g/mol. The van der Waals surface area contributed by atoms with Crippen LogP contribution in [0.4, 0.5) is 11.4 Å². The minimum atomic E-state index is -0.736. The Kier molecular flexibility index (Phi) is 7.62. The summed E-state index contributed by atoms with van der Waals surface area (Å²) in [5.41, 5.74) is 1.12. The first kappa shape index (κ1) is 21.3. The average Bonchev–Trinajstić information content (AvgIpc) is 2.75. The van der Waals surface area contributed by atoms with Crippen molar-refractivity contribution in [2.24, 2.45) is 0 Å². The largest absolute Gasteiger partial charge is 0.494 e. The van der Waals surface area contributed by atoms with Gasteiger partial charge in [0.05, 0.1) is 32.2 Å². The third-order valence-corrected chi connectivity index (χ3v) is 3.79. The molecule has 150 valence electrons. The van der Waals surface area contributed by atoms with Crippen molar-refractivity contribution >= 4 is 23.3 Å². The summed E-state index contributed by atoms with van der Waals surface area (Å²) < 4.78 is 15.5. The maximum absolute atomic E-state index is 12.4. The van der Waals surface area contributed by atoms with Crippen LogP contribution in [0.1, 0.15) is 17.3 Å². The van der Waals surface area contributed by atoms with Crippen molar-refractivity contribution in [3.63, 3.8) is 0 Å². The van der Waals surface area contributed by atoms with Gasteiger partial charge in [-0.2, -0.15) is 5.26 Å². The molecule has 0 fully saturated rings. The predicted octanol–water partition coefficient (Wildman–Crippen LogP) is 3.34. The Balaban J connectivity index is 2.31. The second-order valence-corrected chi connectivity index (χ2v) is 5.61. The Morgan fingerprint density at radius 1 is 1.07 bits per heavy atom. The second-order valence-electron chi connectivity index (χ2n) is 5.61. The summed E-state index contributed by atoms with van der Waals surface area (Å²) in [5.74, 6) is -0.312. The number of amides is 1. The molecule has 0 saturated carbocycles. The number of anilines is 2. The highest BCUT2D eigenvalue weighted by atomic mass is 16.5. The molecule has 0 heterocycles. The van der Waals surface area contributed by atoms with E-state index >= 15 is 0 Å². The summed E-state index contributed by atoms with van der Waals surface area (Å²) in [5, 5.41) is 14.7. The van der Waals surface area contributed by atoms with Crippen LogP contribution in [-0.4, -0.2) is 32.7 Å². The maximum Gasteiger partial charge on any atom is 0.350 e. The fraction of sp³-hybridized carbons (Fsp3) is 0.190. The van der Waals surface area contributed by atoms with Crippen molar-refractivity contribution in [3.05, 3.63) is 59.8 Å². The molecule has 0 aromatic heterocycles. The normalized spacial score (nSPS) is 10.5. The number of ether oxygens (including phenoxy) is 3. The third-order valence-electron chi connectivity index (χ3n) is 3.79. The summed E-state index contributed by atoms with van der Waals surface area (Å²) in [6.07, 6.45) is 1.22. The fourth-order valence-corrected chi connectivity index (χ4v) is 2.39. The van der Waals surface area contributed by atoms with Gasteiger partial charge in [0, 0.05) is 23.9 Å². The predicted molar refractivity (Wildman–Crippen MR) is 108 cm³/mol. The van der Waals surface area contributed by atoms with E-state index in [0.29, 0.717) is 28.4 Å². The lowest BCUT2D eigenvalue weighted by atomic mass is 10.2. The van der Waals surface area contributed by atoms with E-state index in [9.17, 15) is 9.59 Å². The van der Waals surface area contributed by atoms with Crippen molar-refractivity contribution < 1.29 is 23.8 Å². The molecule has 0 saturated heterocycles. The Hall–Kier alpha value is -3.99. The fourth-order valence-electron chi connectivity index (χ4n) is 2.39. The Labute approximate surface area is 168 Å². The summed E-state index contributed by atoms with van der Waals surface area (Å²) in [6, 6.07) is 13.7. The van der Waals surface area contributed by atoms with Crippen molar-refractivity contribution in [2.75, 3.05) is 31.5 Å². The van der Waals surface area contributed by atoms with Crippen LogP contribution >= 0.6 is 0 Å². The number of nitrogens with one attached hydrogen (secondary N) is 2. The quantitative estimate of drug-likeness (QED) is 0.401. The van der Waals surface area contributed by atoms with Crippen molar-refractivity contribution in [1.82, 2.24) is 0 Å². The number of nitriles is 1. The van der Waals surface area contributed by atoms with Gasteiger partial charge in [-0.1, -0.05) is 18.2 Å². The number of rotatable bonds is 8. The number of hydrogen-bond acceptors (Lipinski definition) is 7. The van der Waals surface area contributed by atoms with Gasteiger partial charge in [-0.05, 0) is 19.1 Å². The molecule has 0 aliphatic heterocycles. The first-order chi connectivity index (χ1) is 14.0. The molecule has 8 heteroatoms. The van der Waals surface area contributed by atoms with Gasteiger partial charge in [-0.25, -0.2) is 4.79 Å². The van der Waals surface area contributed by atoms with Gasteiger partial charge in [-0.3, -0.25) is 4.79 Å². The van der Waals surface area contributed by atoms with E-state index in [-0.39, 0.29) is 18.1 Å². The minimum absolute atomic E-state index is 0.158. The van der Waals surface area contributed by atoms with Crippen LogP contribution in [0, 0.1) is 11.3 Å². The monoisotopic (exact) mass is 395 g/mol. The molecule has 2 rings (SSSR count). The van der Waals surface area contributed by atoms with Crippen molar-refractivity contribution in [1.29, 1.82) is 5.26 Å². The van der Waals surface area contributed by atoms with E-state index in [1.807, 2.05) is 6.07 Å². The molecule has 1 amide bonds. The summed E-state index contributed by atoms with van der Waals surface area (Å²) in [6.45, 7) is 1.81. The number of carbonyl (C=O) groups excluding carboxylic acids is 2. The molecule has 8 nitrogen and oxygen atoms in total. The summed E-state index contributed by atoms with van der Waals surface area (Å²) >= 11 is 0. The molecule has 0 aliphatic rings. The molecule has 0 unspecified atom stereocenters. The molecule has 2 N–H and O–H groups in total. The first-order valence-corrected chi connectivity index (χ1v) is 8.70. The Morgan fingerprint density at radius 2 is 1.69 bits per heavy atom. The van der Waals surface area contributed by atoms with Gasteiger partial charge in [-0.15, -0.1) is 0 Å². The zero-order valence-electron chi connectivity index (χ0n) is 16.3. The second kappa shape index (κ2) is 10.4. The smallest absolute Gasteiger partial charge is 0.350 e. The standard InChI is InChI=1S/C21H21N3O5/c1-4-29-21(26)15(12-22)13-23-16-10-19(28-3)17(11-18(16)27-2)24-20(25)14-8-6-5-7-9-14/h5-11,13,23H,4H2,1-3H3,(H,24,25)/b15-13+. The van der Waals surface area contributed by atoms with Crippen LogP contribution in [0.15, 0.2) is 54.2 Å². The van der Waals surface area contributed by atoms with Crippen LogP contribution in [0.2, 0.25) is 0 Å². The number of hydrogen-bond donors (Lipinski definition) is 2. The van der Waals surface area contributed by atoms with E-state index in [0.717, 1.165) is 0 Å². The molecule has 0 atom stereocenters. The van der Waals surface area contributed by atoms with E-state index < -0.39 is 5.97 Å². The Morgan fingerprint density at radius 3 is 2.28 bits per heavy atom. The molecule has 0 aliphatic carbocycles. The molecular formula is C21H21N3O5. The third kappa shape index (κ3) is 5.49. The molecule has 0 spiro atoms. The summed E-state index contributed by atoms with van der Waals surface area (Å²) in [7, 11) is 2.91. The van der Waals surface area contributed by atoms with E-state index in [1.165, 1.54) is 20.4 Å². The van der Waals surface area contributed by atoms with Gasteiger partial charge in [0.2, 0.25) is 0 Å². The van der Waals surface area contributed by atoms with Gasteiger partial charge < -0.3 is 24.8 Å². The van der Waals surface area contributed by atoms with Crippen LogP contribution in [0.3, 0.4) is 0 Å². The SMILES string of the molecule is CCOC(=O)/C(C#N)=C/Nc1cc(OC)c(NC(=O)c2ccccc2)cc1OC. The van der Waals surface area contributed by atoms with Crippen LogP contribution in [0.25, 0.3) is 0 Å². The molecular weight excluding hydrogens is 374 g/mol. The van der Waals surface area contributed by atoms with Crippen molar-refractivity contribution in [2.45, 2.75) is 6.92 Å². The highest BCUT2D eigenvalue weighted by molar-refractivity contribution is 6.05. The lowest BCUT2D eigenvalue weighted by molar-refractivity contribution is -0.138. The number of nitrogens with zero attached hydrogens (tertiary/aromatic N) is 1. The minimum Gasteiger partial charge on any atom is -0.494 e. The van der Waals surface area contributed by atoms with E-state index in [1.54, 1.807) is 49.4 Å². The number of esters is 1. The first-order valence-electron chi connectivity index (χ1n) is 8.70. The van der Waals surface area contributed by atoms with Gasteiger partial charge >= 0.3 is 5.97 Å². The summed E-state index contributed by atoms with van der Waals surface area (Å²) in [4.78, 5) is 24.2. The van der Waals surface area contributed by atoms with Crippen molar-refractivity contribution in [3.8, 4) is 17.6 Å². The molecule has 29 heavy (non-hydrogen) atoms. The number of carbonyl (C=O) groups is 2.